The maximum absolute atomic E-state index is 12.3. The molecule has 0 unspecified atom stereocenters. The molecule has 8 nitrogen and oxygen atoms in total. The van der Waals surface area contributed by atoms with Crippen molar-refractivity contribution >= 4 is 21.8 Å². The number of sulfonamides is 1. The van der Waals surface area contributed by atoms with Crippen molar-refractivity contribution in [2.75, 3.05) is 19.8 Å². The predicted octanol–water partition coefficient (Wildman–Crippen LogP) is 1.94. The summed E-state index contributed by atoms with van der Waals surface area (Å²) >= 11 is 0. The van der Waals surface area contributed by atoms with E-state index in [1.807, 2.05) is 0 Å². The lowest BCUT2D eigenvalue weighted by Gasteiger charge is -2.18. The van der Waals surface area contributed by atoms with Crippen LogP contribution in [0.4, 0.5) is 0 Å². The molecule has 0 atom stereocenters. The van der Waals surface area contributed by atoms with Crippen molar-refractivity contribution < 1.29 is 32.2 Å². The number of Topliss-reactive ketones (excluding diaryl/α,β-unsaturated/α-hetero) is 1. The van der Waals surface area contributed by atoms with Crippen molar-refractivity contribution in [3.05, 3.63) is 53.6 Å². The van der Waals surface area contributed by atoms with Crippen molar-refractivity contribution in [2.24, 2.45) is 0 Å². The Morgan fingerprint density at radius 1 is 0.966 bits per heavy atom. The van der Waals surface area contributed by atoms with Gasteiger partial charge in [-0.25, -0.2) is 17.9 Å². The monoisotopic (exact) mass is 417 g/mol. The van der Waals surface area contributed by atoms with Gasteiger partial charge < -0.3 is 14.2 Å². The number of ether oxygens (including phenoxy) is 3. The molecule has 0 spiro atoms. The second-order valence-electron chi connectivity index (χ2n) is 6.78. The van der Waals surface area contributed by atoms with Crippen molar-refractivity contribution in [1.29, 1.82) is 0 Å². The first-order valence-corrected chi connectivity index (χ1v) is 10.6. The fraction of sp³-hybridized carbons (Fsp3) is 0.300. The third kappa shape index (κ3) is 4.57. The number of carbonyl (C=O) groups excluding carboxylic acids is 2. The molecule has 1 fully saturated rings. The summed E-state index contributed by atoms with van der Waals surface area (Å²) in [4.78, 5) is 24.6. The van der Waals surface area contributed by atoms with Gasteiger partial charge in [0, 0.05) is 11.6 Å². The molecule has 0 bridgehead atoms. The van der Waals surface area contributed by atoms with E-state index in [-0.39, 0.29) is 22.3 Å². The summed E-state index contributed by atoms with van der Waals surface area (Å²) in [5.74, 6) is -0.0563. The SMILES string of the molecule is O=C(COC(=O)c1ccc(S(=O)(=O)NC2CC2)cc1)c1ccc2c(c1)OCCO2. The average Bonchev–Trinajstić information content (AvgIpc) is 3.54. The zero-order valence-electron chi connectivity index (χ0n) is 15.4. The lowest BCUT2D eigenvalue weighted by Crippen LogP contribution is -2.25. The molecular weight excluding hydrogens is 398 g/mol. The maximum atomic E-state index is 12.3. The number of rotatable bonds is 7. The molecule has 1 aliphatic heterocycles. The number of ketones is 1. The second kappa shape index (κ2) is 7.84. The van der Waals surface area contributed by atoms with Gasteiger partial charge >= 0.3 is 5.97 Å². The number of carbonyl (C=O) groups is 2. The largest absolute Gasteiger partial charge is 0.486 e. The van der Waals surface area contributed by atoms with Crippen molar-refractivity contribution in [2.45, 2.75) is 23.8 Å². The Bertz CT molecular complexity index is 1040. The minimum absolute atomic E-state index is 0.00351. The van der Waals surface area contributed by atoms with Crippen LogP contribution in [0.15, 0.2) is 47.4 Å². The molecule has 9 heteroatoms. The van der Waals surface area contributed by atoms with Gasteiger partial charge in [0.2, 0.25) is 10.0 Å². The van der Waals surface area contributed by atoms with E-state index in [9.17, 15) is 18.0 Å². The Balaban J connectivity index is 1.36. The van der Waals surface area contributed by atoms with E-state index >= 15 is 0 Å². The molecule has 0 radical (unpaired) electrons. The minimum Gasteiger partial charge on any atom is -0.486 e. The molecule has 0 aromatic heterocycles. The maximum Gasteiger partial charge on any atom is 0.338 e. The number of fused-ring (bicyclic) bond motifs is 1. The molecule has 1 heterocycles. The Morgan fingerprint density at radius 2 is 1.62 bits per heavy atom. The van der Waals surface area contributed by atoms with Gasteiger partial charge in [-0.15, -0.1) is 0 Å². The first kappa shape index (κ1) is 19.4. The molecule has 2 aliphatic rings. The Morgan fingerprint density at radius 3 is 2.31 bits per heavy atom. The van der Waals surface area contributed by atoms with Gasteiger partial charge in [-0.1, -0.05) is 0 Å². The zero-order valence-corrected chi connectivity index (χ0v) is 16.2. The summed E-state index contributed by atoms with van der Waals surface area (Å²) < 4.78 is 42.8. The molecule has 2 aromatic carbocycles. The van der Waals surface area contributed by atoms with Crippen molar-refractivity contribution in [3.8, 4) is 11.5 Å². The van der Waals surface area contributed by atoms with Gasteiger partial charge in [0.25, 0.3) is 0 Å². The van der Waals surface area contributed by atoms with Gasteiger partial charge in [0.05, 0.1) is 10.5 Å². The third-order valence-corrected chi connectivity index (χ3v) is 6.03. The minimum atomic E-state index is -3.59. The average molecular weight is 417 g/mol. The highest BCUT2D eigenvalue weighted by atomic mass is 32.2. The van der Waals surface area contributed by atoms with E-state index in [4.69, 9.17) is 14.2 Å². The first-order chi connectivity index (χ1) is 13.9. The van der Waals surface area contributed by atoms with E-state index in [1.165, 1.54) is 24.3 Å². The Labute approximate surface area is 167 Å². The summed E-state index contributed by atoms with van der Waals surface area (Å²) in [7, 11) is -3.59. The molecular formula is C20H19NO7S. The van der Waals surface area contributed by atoms with E-state index in [0.717, 1.165) is 12.8 Å². The molecule has 4 rings (SSSR count). The van der Waals surface area contributed by atoms with Gasteiger partial charge in [-0.05, 0) is 55.3 Å². The molecule has 2 aromatic rings. The van der Waals surface area contributed by atoms with Crippen LogP contribution >= 0.6 is 0 Å². The van der Waals surface area contributed by atoms with Gasteiger partial charge in [-0.3, -0.25) is 4.79 Å². The molecule has 29 heavy (non-hydrogen) atoms. The summed E-state index contributed by atoms with van der Waals surface area (Å²) in [6.45, 7) is 0.415. The fourth-order valence-corrected chi connectivity index (χ4v) is 4.08. The Hall–Kier alpha value is -2.91. The van der Waals surface area contributed by atoms with Crippen LogP contribution in [-0.2, 0) is 14.8 Å². The molecule has 1 N–H and O–H groups in total. The van der Waals surface area contributed by atoms with E-state index in [1.54, 1.807) is 18.2 Å². The standard InChI is InChI=1S/C20H19NO7S/c22-17(14-3-8-18-19(11-14)27-10-9-26-18)12-28-20(23)13-1-6-16(7-2-13)29(24,25)21-15-4-5-15/h1-3,6-8,11,15,21H,4-5,9-10,12H2. The highest BCUT2D eigenvalue weighted by Crippen LogP contribution is 2.30. The van der Waals surface area contributed by atoms with Crippen LogP contribution in [0.25, 0.3) is 0 Å². The van der Waals surface area contributed by atoms with Crippen LogP contribution in [0.1, 0.15) is 33.6 Å². The number of hydrogen-bond acceptors (Lipinski definition) is 7. The van der Waals surface area contributed by atoms with Gasteiger partial charge in [-0.2, -0.15) is 0 Å². The van der Waals surface area contributed by atoms with E-state index < -0.39 is 22.6 Å². The molecule has 0 amide bonds. The quantitative estimate of drug-likeness (QED) is 0.542. The zero-order chi connectivity index (χ0) is 20.4. The molecule has 0 saturated heterocycles. The molecule has 1 aliphatic carbocycles. The summed E-state index contributed by atoms with van der Waals surface area (Å²) in [5, 5.41) is 0. The van der Waals surface area contributed by atoms with Crippen LogP contribution in [0.3, 0.4) is 0 Å². The second-order valence-corrected chi connectivity index (χ2v) is 8.49. The third-order valence-electron chi connectivity index (χ3n) is 4.50. The lowest BCUT2D eigenvalue weighted by atomic mass is 10.1. The fourth-order valence-electron chi connectivity index (χ4n) is 2.77. The summed E-state index contributed by atoms with van der Waals surface area (Å²) in [5.41, 5.74) is 0.500. The highest BCUT2D eigenvalue weighted by molar-refractivity contribution is 7.89. The lowest BCUT2D eigenvalue weighted by molar-refractivity contribution is 0.0474. The number of benzene rings is 2. The topological polar surface area (TPSA) is 108 Å². The van der Waals surface area contributed by atoms with E-state index in [2.05, 4.69) is 4.72 Å². The van der Waals surface area contributed by atoms with Crippen LogP contribution in [0.2, 0.25) is 0 Å². The van der Waals surface area contributed by atoms with E-state index in [0.29, 0.717) is 30.3 Å². The van der Waals surface area contributed by atoms with Gasteiger partial charge in [0.1, 0.15) is 13.2 Å². The number of nitrogens with one attached hydrogen (secondary N) is 1. The highest BCUT2D eigenvalue weighted by Gasteiger charge is 2.28. The van der Waals surface area contributed by atoms with Crippen LogP contribution in [-0.4, -0.2) is 46.0 Å². The number of esters is 1. The molecule has 1 saturated carbocycles. The van der Waals surface area contributed by atoms with Crippen molar-refractivity contribution in [3.63, 3.8) is 0 Å². The normalized spacial score (nSPS) is 15.6. The predicted molar refractivity (Wildman–Crippen MR) is 102 cm³/mol. The summed E-state index contributed by atoms with van der Waals surface area (Å²) in [6.07, 6.45) is 1.67. The van der Waals surface area contributed by atoms with Crippen LogP contribution < -0.4 is 14.2 Å². The first-order valence-electron chi connectivity index (χ1n) is 9.15. The smallest absolute Gasteiger partial charge is 0.338 e. The van der Waals surface area contributed by atoms with Gasteiger partial charge in [0.15, 0.2) is 23.9 Å². The van der Waals surface area contributed by atoms with Crippen LogP contribution in [0.5, 0.6) is 11.5 Å². The number of hydrogen-bond donors (Lipinski definition) is 1. The molecule has 152 valence electrons. The Kier molecular flexibility index (Phi) is 5.25. The summed E-state index contributed by atoms with van der Waals surface area (Å²) in [6, 6.07) is 10.2. The van der Waals surface area contributed by atoms with Crippen molar-refractivity contribution in [1.82, 2.24) is 4.72 Å². The van der Waals surface area contributed by atoms with Crippen LogP contribution in [0, 0.1) is 0 Å².